The van der Waals surface area contributed by atoms with E-state index in [1.54, 1.807) is 18.3 Å². The zero-order chi connectivity index (χ0) is 15.1. The van der Waals surface area contributed by atoms with Crippen LogP contribution >= 0.6 is 0 Å². The van der Waals surface area contributed by atoms with E-state index in [-0.39, 0.29) is 6.54 Å². The number of aromatic nitrogens is 1. The van der Waals surface area contributed by atoms with Crippen molar-refractivity contribution in [3.63, 3.8) is 0 Å². The average Bonchev–Trinajstić information content (AvgIpc) is 2.36. The number of hydrogen-bond donors (Lipinski definition) is 4. The molecule has 108 valence electrons. The SMILES string of the molecule is Cc1ccc(CNC(=O)NC(CC(=O)O)C(=O)O)cn1. The van der Waals surface area contributed by atoms with Gasteiger partial charge in [-0.05, 0) is 18.6 Å². The largest absolute Gasteiger partial charge is 0.481 e. The Morgan fingerprint density at radius 1 is 1.30 bits per heavy atom. The fourth-order valence-corrected chi connectivity index (χ4v) is 1.37. The summed E-state index contributed by atoms with van der Waals surface area (Å²) < 4.78 is 0. The summed E-state index contributed by atoms with van der Waals surface area (Å²) in [6.45, 7) is 1.99. The van der Waals surface area contributed by atoms with Gasteiger partial charge in [0.2, 0.25) is 0 Å². The standard InChI is InChI=1S/C12H15N3O5/c1-7-2-3-8(5-13-7)6-14-12(20)15-9(11(18)19)4-10(16)17/h2-3,5,9H,4,6H2,1H3,(H,16,17)(H,18,19)(H2,14,15,20). The van der Waals surface area contributed by atoms with E-state index >= 15 is 0 Å². The number of aliphatic carboxylic acids is 2. The highest BCUT2D eigenvalue weighted by Gasteiger charge is 2.22. The van der Waals surface area contributed by atoms with Crippen LogP contribution in [0.4, 0.5) is 4.79 Å². The van der Waals surface area contributed by atoms with Gasteiger partial charge in [0.05, 0.1) is 6.42 Å². The minimum atomic E-state index is -1.47. The topological polar surface area (TPSA) is 129 Å². The lowest BCUT2D eigenvalue weighted by Gasteiger charge is -2.13. The lowest BCUT2D eigenvalue weighted by molar-refractivity contribution is -0.145. The number of urea groups is 1. The molecule has 0 aliphatic heterocycles. The Morgan fingerprint density at radius 2 is 2.00 bits per heavy atom. The van der Waals surface area contributed by atoms with Crippen LogP contribution < -0.4 is 10.6 Å². The van der Waals surface area contributed by atoms with Gasteiger partial charge in [0.15, 0.2) is 0 Å². The number of amides is 2. The van der Waals surface area contributed by atoms with E-state index in [4.69, 9.17) is 10.2 Å². The van der Waals surface area contributed by atoms with Gasteiger partial charge in [-0.15, -0.1) is 0 Å². The maximum absolute atomic E-state index is 11.5. The number of carbonyl (C=O) groups excluding carboxylic acids is 1. The lowest BCUT2D eigenvalue weighted by atomic mass is 10.2. The van der Waals surface area contributed by atoms with Gasteiger partial charge in [-0.2, -0.15) is 0 Å². The van der Waals surface area contributed by atoms with E-state index in [0.717, 1.165) is 11.3 Å². The monoisotopic (exact) mass is 281 g/mol. The molecule has 0 radical (unpaired) electrons. The van der Waals surface area contributed by atoms with Crippen molar-refractivity contribution < 1.29 is 24.6 Å². The Kier molecular flexibility index (Phi) is 5.45. The van der Waals surface area contributed by atoms with Gasteiger partial charge in [0.25, 0.3) is 0 Å². The number of nitrogens with zero attached hydrogens (tertiary/aromatic N) is 1. The predicted octanol–water partition coefficient (Wildman–Crippen LogP) is 0.117. The van der Waals surface area contributed by atoms with Crippen LogP contribution in [0.2, 0.25) is 0 Å². The molecule has 0 saturated heterocycles. The summed E-state index contributed by atoms with van der Waals surface area (Å²) in [5, 5.41) is 21.8. The van der Waals surface area contributed by atoms with Crippen LogP contribution in [0.3, 0.4) is 0 Å². The van der Waals surface area contributed by atoms with Crippen LogP contribution in [-0.4, -0.2) is 39.2 Å². The molecule has 0 spiro atoms. The summed E-state index contributed by atoms with van der Waals surface area (Å²) in [5.74, 6) is -2.71. The summed E-state index contributed by atoms with van der Waals surface area (Å²) in [7, 11) is 0. The first-order chi connectivity index (χ1) is 9.38. The van der Waals surface area contributed by atoms with Gasteiger partial charge >= 0.3 is 18.0 Å². The average molecular weight is 281 g/mol. The van der Waals surface area contributed by atoms with Gasteiger partial charge in [0.1, 0.15) is 6.04 Å². The molecule has 0 bridgehead atoms. The minimum Gasteiger partial charge on any atom is -0.481 e. The first-order valence-electron chi connectivity index (χ1n) is 5.79. The second-order valence-electron chi connectivity index (χ2n) is 4.12. The molecule has 1 atom stereocenters. The number of nitrogens with one attached hydrogen (secondary N) is 2. The second kappa shape index (κ2) is 7.07. The summed E-state index contributed by atoms with van der Waals surface area (Å²) in [5.41, 5.74) is 1.58. The van der Waals surface area contributed by atoms with Crippen molar-refractivity contribution in [2.45, 2.75) is 25.9 Å². The molecule has 0 aromatic carbocycles. The highest BCUT2D eigenvalue weighted by Crippen LogP contribution is 1.99. The van der Waals surface area contributed by atoms with Gasteiger partial charge < -0.3 is 20.8 Å². The normalized spacial score (nSPS) is 11.4. The molecule has 1 aromatic heterocycles. The predicted molar refractivity (Wildman–Crippen MR) is 68.0 cm³/mol. The molecule has 0 aliphatic carbocycles. The highest BCUT2D eigenvalue weighted by molar-refractivity contribution is 5.86. The fraction of sp³-hybridized carbons (Fsp3) is 0.333. The molecule has 0 saturated carbocycles. The van der Waals surface area contributed by atoms with Crippen molar-refractivity contribution in [1.82, 2.24) is 15.6 Å². The number of rotatable bonds is 6. The molecular formula is C12H15N3O5. The number of hydrogen-bond acceptors (Lipinski definition) is 4. The molecule has 0 aliphatic rings. The van der Waals surface area contributed by atoms with Crippen LogP contribution in [-0.2, 0) is 16.1 Å². The van der Waals surface area contributed by atoms with Crippen molar-refractivity contribution in [3.05, 3.63) is 29.6 Å². The molecule has 8 nitrogen and oxygen atoms in total. The molecule has 0 fully saturated rings. The van der Waals surface area contributed by atoms with E-state index in [9.17, 15) is 14.4 Å². The molecule has 1 unspecified atom stereocenters. The van der Waals surface area contributed by atoms with E-state index in [1.807, 2.05) is 6.92 Å². The van der Waals surface area contributed by atoms with E-state index in [1.165, 1.54) is 0 Å². The zero-order valence-corrected chi connectivity index (χ0v) is 10.8. The number of carboxylic acid groups (broad SMARTS) is 2. The number of carbonyl (C=O) groups is 3. The fourth-order valence-electron chi connectivity index (χ4n) is 1.37. The Bertz CT molecular complexity index is 500. The van der Waals surface area contributed by atoms with Crippen LogP contribution in [0.5, 0.6) is 0 Å². The van der Waals surface area contributed by atoms with Crippen LogP contribution in [0.15, 0.2) is 18.3 Å². The number of pyridine rings is 1. The summed E-state index contributed by atoms with van der Waals surface area (Å²) in [6, 6.07) is 1.33. The number of aryl methyl sites for hydroxylation is 1. The van der Waals surface area contributed by atoms with Gasteiger partial charge in [-0.1, -0.05) is 6.07 Å². The molecule has 1 heterocycles. The Labute approximate surface area is 114 Å². The Morgan fingerprint density at radius 3 is 2.50 bits per heavy atom. The summed E-state index contributed by atoms with van der Waals surface area (Å²) >= 11 is 0. The second-order valence-corrected chi connectivity index (χ2v) is 4.12. The van der Waals surface area contributed by atoms with E-state index < -0.39 is 30.4 Å². The lowest BCUT2D eigenvalue weighted by Crippen LogP contribution is -2.46. The van der Waals surface area contributed by atoms with Crippen LogP contribution in [0.25, 0.3) is 0 Å². The molecule has 20 heavy (non-hydrogen) atoms. The van der Waals surface area contributed by atoms with E-state index in [0.29, 0.717) is 0 Å². The Hall–Kier alpha value is -2.64. The first-order valence-corrected chi connectivity index (χ1v) is 5.79. The summed E-state index contributed by atoms with van der Waals surface area (Å²) in [4.78, 5) is 36.8. The molecular weight excluding hydrogens is 266 g/mol. The van der Waals surface area contributed by atoms with Crippen molar-refractivity contribution in [3.8, 4) is 0 Å². The third kappa shape index (κ3) is 5.34. The minimum absolute atomic E-state index is 0.165. The smallest absolute Gasteiger partial charge is 0.326 e. The molecule has 1 rings (SSSR count). The molecule has 1 aromatic rings. The first kappa shape index (κ1) is 15.4. The molecule has 4 N–H and O–H groups in total. The third-order valence-corrected chi connectivity index (χ3v) is 2.41. The van der Waals surface area contributed by atoms with Crippen LogP contribution in [0.1, 0.15) is 17.7 Å². The highest BCUT2D eigenvalue weighted by atomic mass is 16.4. The number of carboxylic acids is 2. The molecule has 2 amide bonds. The maximum atomic E-state index is 11.5. The zero-order valence-electron chi connectivity index (χ0n) is 10.8. The van der Waals surface area contributed by atoms with Gasteiger partial charge in [0, 0.05) is 18.4 Å². The van der Waals surface area contributed by atoms with E-state index in [2.05, 4.69) is 15.6 Å². The Balaban J connectivity index is 2.47. The molecule has 8 heteroatoms. The van der Waals surface area contributed by atoms with Crippen molar-refractivity contribution >= 4 is 18.0 Å². The van der Waals surface area contributed by atoms with Crippen molar-refractivity contribution in [2.24, 2.45) is 0 Å². The maximum Gasteiger partial charge on any atom is 0.326 e. The quantitative estimate of drug-likeness (QED) is 0.586. The summed E-state index contributed by atoms with van der Waals surface area (Å²) in [6.07, 6.45) is 0.899. The van der Waals surface area contributed by atoms with Gasteiger partial charge in [-0.25, -0.2) is 9.59 Å². The van der Waals surface area contributed by atoms with Crippen molar-refractivity contribution in [2.75, 3.05) is 0 Å². The third-order valence-electron chi connectivity index (χ3n) is 2.41. The van der Waals surface area contributed by atoms with Crippen molar-refractivity contribution in [1.29, 1.82) is 0 Å². The van der Waals surface area contributed by atoms with Gasteiger partial charge in [-0.3, -0.25) is 9.78 Å². The van der Waals surface area contributed by atoms with Crippen LogP contribution in [0, 0.1) is 6.92 Å².